The Morgan fingerprint density at radius 2 is 0.707 bits per heavy atom. The topological polar surface area (TPSA) is 317 Å². The van der Waals surface area contributed by atoms with E-state index in [4.69, 9.17) is 39.0 Å². The van der Waals surface area contributed by atoms with E-state index in [1.165, 1.54) is 5.56 Å². The van der Waals surface area contributed by atoms with E-state index < -0.39 is 52.4 Å². The fourth-order valence-electron chi connectivity index (χ4n) is 7.82. The van der Waals surface area contributed by atoms with Gasteiger partial charge in [0.25, 0.3) is 0 Å². The van der Waals surface area contributed by atoms with Crippen LogP contribution in [0.4, 0.5) is 24.0 Å². The van der Waals surface area contributed by atoms with E-state index in [-0.39, 0.29) is 58.6 Å². The Morgan fingerprint density at radius 1 is 0.414 bits per heavy atom. The largest absolute Gasteiger partial charge is 0.444 e. The Kier molecular flexibility index (Phi) is 45.4. The van der Waals surface area contributed by atoms with E-state index in [0.717, 1.165) is 75.8 Å². The van der Waals surface area contributed by atoms with Crippen LogP contribution >= 0.6 is 0 Å². The number of hydrogen-bond donors (Lipinski definition) is 8. The third-order valence-electron chi connectivity index (χ3n) is 11.4. The molecule has 5 rings (SSSR count). The normalized spacial score (nSPS) is 11.0. The smallest absolute Gasteiger partial charge is 0.407 e. The molecule has 0 aliphatic rings. The maximum absolute atomic E-state index is 11.5. The molecule has 5 aromatic rings. The molecule has 0 bridgehead atoms. The molecule has 0 unspecified atom stereocenters. The van der Waals surface area contributed by atoms with Gasteiger partial charge in [0, 0.05) is 106 Å². The van der Waals surface area contributed by atoms with Gasteiger partial charge in [-0.05, 0) is 234 Å². The summed E-state index contributed by atoms with van der Waals surface area (Å²) in [6.07, 6.45) is 10.4. The van der Waals surface area contributed by atoms with Crippen molar-refractivity contribution < 1.29 is 95.7 Å². The van der Waals surface area contributed by atoms with Crippen LogP contribution in [-0.4, -0.2) is 131 Å². The zero-order chi connectivity index (χ0) is 74.9. The van der Waals surface area contributed by atoms with Gasteiger partial charge in [-0.1, -0.05) is 56.8 Å². The summed E-state index contributed by atoms with van der Waals surface area (Å²) in [4.78, 5) is 77.9. The number of amides is 5. The van der Waals surface area contributed by atoms with Gasteiger partial charge in [-0.2, -0.15) is 18.2 Å². The molecule has 0 aliphatic carbocycles. The molecule has 24 heteroatoms. The minimum Gasteiger partial charge on any atom is -0.444 e. The van der Waals surface area contributed by atoms with Gasteiger partial charge in [0.15, 0.2) is 0 Å². The van der Waals surface area contributed by atoms with E-state index in [2.05, 4.69) is 96.2 Å². The molecule has 0 saturated carbocycles. The first-order valence-corrected chi connectivity index (χ1v) is 32.8. The quantitative estimate of drug-likeness (QED) is 0.0216. The first-order valence-electron chi connectivity index (χ1n) is 32.8. The second-order valence-corrected chi connectivity index (χ2v) is 27.3. The molecular weight excluding hydrogens is 1340 g/mol. The number of aromatic nitrogens is 5. The SMILES string of the molecule is C=CCNC(=O)OC(C)(C)C.CCc1cc(/C=C/CNC(=O)OC(C)(C)C)cc(C)n1.CCc1cc(CCNC(=O)OC(C)(C)C)cc(C)n1.Cc1c[c-]cc(CO)n1.Cc1cc(/C=C/CNC(=O)OC(C)(C)C)cc(CO)n1.Cc1cc(CCNC(=O)OC(C)(C)C)cc(CO)n1.[Y]. The zero-order valence-electron chi connectivity index (χ0n) is 63.1. The van der Waals surface area contributed by atoms with Crippen LogP contribution in [0.3, 0.4) is 0 Å². The first kappa shape index (κ1) is 93.4. The number of hydrogen-bond acceptors (Lipinski definition) is 18. The maximum Gasteiger partial charge on any atom is 0.407 e. The van der Waals surface area contributed by atoms with E-state index >= 15 is 0 Å². The van der Waals surface area contributed by atoms with E-state index in [0.29, 0.717) is 56.2 Å². The standard InChI is InChI=1S/C16H24N2O2.C15H22N2O3.C15H24N2O2.C14H22N2O3.C8H15NO2.C7H8NO.Y/c1-6-14-11-13(10-12(2)18-14)8-7-9-17-15(19)20-16(3,4)5;1-11-8-12(9-13(10-18)17-11)6-5-7-16-14(19)20-15(2,3)4;1-6-13-10-12(9-11(2)17-13)7-8-16-14(18)19-15(3,4)5;1-10-7-11(8-12(9-17)16-10)5-6-15-13(18)19-14(2,3)4;1-5-6-9-7(10)11-8(2,3)4;1-6-3-2-4-7(5-9)8-6;/h7-8,10-11H,6,9H2,1-5H3,(H,17,19);5-6,8-9,18H,7,10H2,1-4H3,(H,16,19);9-10H,6-8H2,1-5H3,(H,16,18);7-8,17H,5-6,9H2,1-4H3,(H,15,18);5H,1,6H2,2-4H3,(H,9,10);3-4,9H,5H2,1H3;/q;;;;;-1;/b8-7+;6-5+;;;;;. The molecule has 0 spiro atoms. The number of rotatable bonds is 19. The molecule has 8 N–H and O–H groups in total. The second-order valence-electron chi connectivity index (χ2n) is 27.3. The molecule has 1 radical (unpaired) electrons. The molecule has 0 fully saturated rings. The van der Waals surface area contributed by atoms with Crippen molar-refractivity contribution in [1.29, 1.82) is 0 Å². The second kappa shape index (κ2) is 48.1. The Labute approximate surface area is 615 Å². The maximum atomic E-state index is 11.5. The fraction of sp³-hybridized carbons (Fsp3) is 0.520. The summed E-state index contributed by atoms with van der Waals surface area (Å²) in [7, 11) is 0. The van der Waals surface area contributed by atoms with Crippen molar-refractivity contribution in [2.24, 2.45) is 0 Å². The predicted octanol–water partition coefficient (Wildman–Crippen LogP) is 13.3. The summed E-state index contributed by atoms with van der Waals surface area (Å²) in [5, 5.41) is 40.0. The van der Waals surface area contributed by atoms with Crippen LogP contribution in [0.2, 0.25) is 0 Å². The summed E-state index contributed by atoms with van der Waals surface area (Å²) in [5.74, 6) is 0. The van der Waals surface area contributed by atoms with Crippen molar-refractivity contribution >= 4 is 42.6 Å². The minimum atomic E-state index is -0.494. The van der Waals surface area contributed by atoms with Gasteiger partial charge in [-0.25, -0.2) is 24.0 Å². The van der Waals surface area contributed by atoms with Crippen LogP contribution in [-0.2, 0) is 102 Å². The van der Waals surface area contributed by atoms with Crippen LogP contribution in [0, 0.1) is 40.7 Å². The molecule has 5 aromatic heterocycles. The summed E-state index contributed by atoms with van der Waals surface area (Å²) in [6.45, 7) is 46.9. The summed E-state index contributed by atoms with van der Waals surface area (Å²) in [6, 6.07) is 22.0. The van der Waals surface area contributed by atoms with E-state index in [9.17, 15) is 24.0 Å². The Hall–Kier alpha value is -7.70. The Balaban J connectivity index is 0. The van der Waals surface area contributed by atoms with Gasteiger partial charge in [0.1, 0.15) is 28.0 Å². The van der Waals surface area contributed by atoms with Crippen LogP contribution in [0.1, 0.15) is 197 Å². The van der Waals surface area contributed by atoms with Crippen LogP contribution in [0.15, 0.2) is 85.5 Å². The Bertz CT molecular complexity index is 3110. The van der Waals surface area contributed by atoms with E-state index in [1.807, 2.05) is 187 Å². The molecule has 0 saturated heterocycles. The van der Waals surface area contributed by atoms with Crippen molar-refractivity contribution in [2.45, 2.75) is 226 Å². The number of aryl methyl sites for hydroxylation is 7. The zero-order valence-corrected chi connectivity index (χ0v) is 65.9. The number of nitrogens with one attached hydrogen (secondary N) is 5. The molecule has 0 atom stereocenters. The van der Waals surface area contributed by atoms with Crippen molar-refractivity contribution in [3.63, 3.8) is 0 Å². The number of aliphatic hydroxyl groups is 3. The van der Waals surface area contributed by atoms with Gasteiger partial charge >= 0.3 is 30.5 Å². The van der Waals surface area contributed by atoms with E-state index in [1.54, 1.807) is 24.3 Å². The van der Waals surface area contributed by atoms with Crippen molar-refractivity contribution in [3.8, 4) is 0 Å². The molecule has 0 aliphatic heterocycles. The molecule has 99 heavy (non-hydrogen) atoms. The number of ether oxygens (including phenoxy) is 5. The number of carbonyl (C=O) groups is 5. The summed E-state index contributed by atoms with van der Waals surface area (Å²) in [5.41, 5.74) is 10.7. The molecule has 0 aromatic carbocycles. The molecule has 547 valence electrons. The predicted molar refractivity (Wildman–Crippen MR) is 387 cm³/mol. The minimum absolute atomic E-state index is 0. The monoisotopic (exact) mass is 1450 g/mol. The number of nitrogens with zero attached hydrogens (tertiary/aromatic N) is 5. The number of aliphatic hydroxyl groups excluding tert-OH is 3. The van der Waals surface area contributed by atoms with Crippen molar-refractivity contribution in [1.82, 2.24) is 51.5 Å². The van der Waals surface area contributed by atoms with Gasteiger partial charge in [0.05, 0.1) is 24.6 Å². The van der Waals surface area contributed by atoms with Crippen LogP contribution < -0.4 is 26.6 Å². The molecule has 5 amide bonds. The third kappa shape index (κ3) is 53.0. The first-order chi connectivity index (χ1) is 45.5. The van der Waals surface area contributed by atoms with Crippen molar-refractivity contribution in [3.05, 3.63) is 171 Å². The molecule has 23 nitrogen and oxygen atoms in total. The molecule has 5 heterocycles. The Morgan fingerprint density at radius 3 is 1.03 bits per heavy atom. The van der Waals surface area contributed by atoms with Crippen molar-refractivity contribution in [2.75, 3.05) is 32.7 Å². The number of alkyl carbamates (subject to hydrolysis) is 5. The van der Waals surface area contributed by atoms with Gasteiger partial charge in [0.2, 0.25) is 0 Å². The third-order valence-corrected chi connectivity index (χ3v) is 11.4. The van der Waals surface area contributed by atoms with Gasteiger partial charge < -0.3 is 70.6 Å². The van der Waals surface area contributed by atoms with Gasteiger partial charge in [-0.15, -0.1) is 6.58 Å². The van der Waals surface area contributed by atoms with Crippen LogP contribution in [0.25, 0.3) is 12.2 Å². The molecular formula is C75H115N10O13Y-. The van der Waals surface area contributed by atoms with Crippen LogP contribution in [0.5, 0.6) is 0 Å². The average molecular weight is 1450 g/mol. The number of pyridine rings is 5. The number of carbonyl (C=O) groups excluding carboxylic acids is 5. The summed E-state index contributed by atoms with van der Waals surface area (Å²) < 4.78 is 25.5. The summed E-state index contributed by atoms with van der Waals surface area (Å²) >= 11 is 0. The average Bonchev–Trinajstić information content (AvgIpc) is 0.948. The van der Waals surface area contributed by atoms with Gasteiger partial charge in [-0.3, -0.25) is 19.9 Å². The fourth-order valence-corrected chi connectivity index (χ4v) is 7.82.